The first kappa shape index (κ1) is 16.3. The number of nitrogens with one attached hydrogen (secondary N) is 1. The molecule has 1 amide bonds. The summed E-state index contributed by atoms with van der Waals surface area (Å²) in [6, 6.07) is -0.421. The van der Waals surface area contributed by atoms with Gasteiger partial charge < -0.3 is 16.2 Å². The largest absolute Gasteiger partial charge is 0.480 e. The molecule has 4 N–H and O–H groups in total. The third kappa shape index (κ3) is 7.42. The second-order valence-electron chi connectivity index (χ2n) is 5.00. The lowest BCUT2D eigenvalue weighted by molar-refractivity contribution is -0.138. The molecular weight excluding hydrogens is 264 g/mol. The average molecular weight is 288 g/mol. The van der Waals surface area contributed by atoms with Gasteiger partial charge in [-0.1, -0.05) is 19.3 Å². The van der Waals surface area contributed by atoms with E-state index in [9.17, 15) is 9.59 Å². The van der Waals surface area contributed by atoms with Gasteiger partial charge in [-0.2, -0.15) is 11.8 Å². The van der Waals surface area contributed by atoms with Crippen molar-refractivity contribution in [3.8, 4) is 0 Å². The molecule has 0 aromatic heterocycles. The van der Waals surface area contributed by atoms with Gasteiger partial charge in [0, 0.05) is 18.2 Å². The molecule has 19 heavy (non-hydrogen) atoms. The molecule has 1 aliphatic carbocycles. The zero-order chi connectivity index (χ0) is 14.1. The number of aliphatic carboxylic acids is 1. The molecule has 0 saturated heterocycles. The Bertz CT molecular complexity index is 294. The monoisotopic (exact) mass is 288 g/mol. The van der Waals surface area contributed by atoms with Crippen LogP contribution in [0.15, 0.2) is 0 Å². The lowest BCUT2D eigenvalue weighted by Crippen LogP contribution is -2.36. The Balaban J connectivity index is 1.99. The van der Waals surface area contributed by atoms with E-state index in [1.807, 2.05) is 0 Å². The predicted octanol–water partition coefficient (Wildman–Crippen LogP) is 1.36. The highest BCUT2D eigenvalue weighted by Crippen LogP contribution is 2.17. The van der Waals surface area contributed by atoms with Crippen molar-refractivity contribution >= 4 is 23.6 Å². The summed E-state index contributed by atoms with van der Waals surface area (Å²) in [5.74, 6) is 0.562. The van der Waals surface area contributed by atoms with Gasteiger partial charge in [0.15, 0.2) is 0 Å². The number of carboxylic acid groups (broad SMARTS) is 1. The highest BCUT2D eigenvalue weighted by Gasteiger charge is 2.15. The fourth-order valence-electron chi connectivity index (χ4n) is 2.15. The van der Waals surface area contributed by atoms with Crippen molar-refractivity contribution in [1.29, 1.82) is 0 Å². The van der Waals surface area contributed by atoms with E-state index in [4.69, 9.17) is 10.8 Å². The number of thioether (sulfide) groups is 1. The molecular formula is C13H24N2O3S. The molecule has 1 saturated carbocycles. The topological polar surface area (TPSA) is 92.4 Å². The Hall–Kier alpha value is -0.750. The molecule has 0 bridgehead atoms. The second kappa shape index (κ2) is 9.20. The molecule has 1 aliphatic rings. The van der Waals surface area contributed by atoms with Gasteiger partial charge in [0.1, 0.15) is 6.04 Å². The normalized spacial score (nSPS) is 17.9. The summed E-state index contributed by atoms with van der Waals surface area (Å²) in [6.45, 7) is 0. The smallest absolute Gasteiger partial charge is 0.320 e. The number of carboxylic acids is 1. The third-order valence-corrected chi connectivity index (χ3v) is 4.35. The summed E-state index contributed by atoms with van der Waals surface area (Å²) in [7, 11) is 0. The maximum Gasteiger partial charge on any atom is 0.320 e. The number of carbonyl (C=O) groups excluding carboxylic acids is 1. The summed E-state index contributed by atoms with van der Waals surface area (Å²) < 4.78 is 0. The minimum Gasteiger partial charge on any atom is -0.480 e. The van der Waals surface area contributed by atoms with Crippen LogP contribution in [0, 0.1) is 0 Å². The molecule has 1 unspecified atom stereocenters. The number of amides is 1. The van der Waals surface area contributed by atoms with Crippen molar-refractivity contribution in [3.05, 3.63) is 0 Å². The van der Waals surface area contributed by atoms with Crippen LogP contribution in [0.25, 0.3) is 0 Å². The van der Waals surface area contributed by atoms with Gasteiger partial charge in [0.25, 0.3) is 0 Å². The van der Waals surface area contributed by atoms with Crippen LogP contribution in [0.3, 0.4) is 0 Å². The van der Waals surface area contributed by atoms with Crippen molar-refractivity contribution in [2.45, 2.75) is 57.0 Å². The van der Waals surface area contributed by atoms with Crippen LogP contribution in [0.2, 0.25) is 0 Å². The Morgan fingerprint density at radius 3 is 2.58 bits per heavy atom. The van der Waals surface area contributed by atoms with Crippen LogP contribution in [-0.4, -0.2) is 40.6 Å². The first-order valence-corrected chi connectivity index (χ1v) is 8.10. The van der Waals surface area contributed by atoms with Crippen LogP contribution >= 0.6 is 11.8 Å². The molecule has 5 nitrogen and oxygen atoms in total. The van der Waals surface area contributed by atoms with Gasteiger partial charge >= 0.3 is 5.97 Å². The first-order chi connectivity index (χ1) is 9.09. The molecule has 1 rings (SSSR count). The van der Waals surface area contributed by atoms with Crippen molar-refractivity contribution in [1.82, 2.24) is 5.32 Å². The van der Waals surface area contributed by atoms with Crippen molar-refractivity contribution in [2.75, 3.05) is 11.5 Å². The third-order valence-electron chi connectivity index (χ3n) is 3.33. The lowest BCUT2D eigenvalue weighted by Gasteiger charge is -2.22. The molecule has 0 heterocycles. The van der Waals surface area contributed by atoms with E-state index in [0.29, 0.717) is 24.6 Å². The van der Waals surface area contributed by atoms with E-state index < -0.39 is 12.0 Å². The highest BCUT2D eigenvalue weighted by atomic mass is 32.2. The van der Waals surface area contributed by atoms with Crippen LogP contribution in [0.5, 0.6) is 0 Å². The molecule has 110 valence electrons. The molecule has 0 radical (unpaired) electrons. The van der Waals surface area contributed by atoms with E-state index in [1.165, 1.54) is 19.3 Å². The van der Waals surface area contributed by atoms with Crippen LogP contribution in [-0.2, 0) is 9.59 Å². The van der Waals surface area contributed by atoms with Gasteiger partial charge in [-0.25, -0.2) is 0 Å². The molecule has 1 atom stereocenters. The summed E-state index contributed by atoms with van der Waals surface area (Å²) in [4.78, 5) is 22.2. The van der Waals surface area contributed by atoms with E-state index in [2.05, 4.69) is 5.32 Å². The van der Waals surface area contributed by atoms with Gasteiger partial charge in [-0.3, -0.25) is 9.59 Å². The Morgan fingerprint density at radius 1 is 1.26 bits per heavy atom. The lowest BCUT2D eigenvalue weighted by atomic mass is 9.95. The Kier molecular flexibility index (Phi) is 7.90. The van der Waals surface area contributed by atoms with E-state index >= 15 is 0 Å². The number of rotatable bonds is 8. The SMILES string of the molecule is NC(CCSCCC(=O)NC1CCCCC1)C(=O)O. The summed E-state index contributed by atoms with van der Waals surface area (Å²) in [6.07, 6.45) is 6.87. The van der Waals surface area contributed by atoms with Crippen LogP contribution in [0.4, 0.5) is 0 Å². The zero-order valence-corrected chi connectivity index (χ0v) is 12.1. The van der Waals surface area contributed by atoms with E-state index in [-0.39, 0.29) is 5.91 Å². The minimum absolute atomic E-state index is 0.113. The van der Waals surface area contributed by atoms with Crippen LogP contribution < -0.4 is 11.1 Å². The van der Waals surface area contributed by atoms with Crippen molar-refractivity contribution in [2.24, 2.45) is 5.73 Å². The van der Waals surface area contributed by atoms with Crippen LogP contribution in [0.1, 0.15) is 44.9 Å². The standard InChI is InChI=1S/C13H24N2O3S/c14-11(13(17)18)6-8-19-9-7-12(16)15-10-4-2-1-3-5-10/h10-11H,1-9,14H2,(H,15,16)(H,17,18). The average Bonchev–Trinajstić information content (AvgIpc) is 2.39. The minimum atomic E-state index is -0.962. The number of hydrogen-bond acceptors (Lipinski definition) is 4. The molecule has 1 fully saturated rings. The highest BCUT2D eigenvalue weighted by molar-refractivity contribution is 7.99. The van der Waals surface area contributed by atoms with Gasteiger partial charge in [-0.15, -0.1) is 0 Å². The number of nitrogens with two attached hydrogens (primary N) is 1. The van der Waals surface area contributed by atoms with Crippen molar-refractivity contribution < 1.29 is 14.7 Å². The molecule has 0 spiro atoms. The maximum atomic E-state index is 11.7. The fraction of sp³-hybridized carbons (Fsp3) is 0.846. The second-order valence-corrected chi connectivity index (χ2v) is 6.22. The summed E-state index contributed by atoms with van der Waals surface area (Å²) >= 11 is 1.59. The Morgan fingerprint density at radius 2 is 1.95 bits per heavy atom. The molecule has 0 aromatic rings. The quantitative estimate of drug-likeness (QED) is 0.586. The van der Waals surface area contributed by atoms with E-state index in [0.717, 1.165) is 18.6 Å². The first-order valence-electron chi connectivity index (χ1n) is 6.95. The fourth-order valence-corrected chi connectivity index (χ4v) is 3.10. The maximum absolute atomic E-state index is 11.7. The molecule has 0 aromatic carbocycles. The molecule has 0 aliphatic heterocycles. The predicted molar refractivity (Wildman–Crippen MR) is 77.2 cm³/mol. The Labute approximate surface area is 118 Å². The van der Waals surface area contributed by atoms with E-state index in [1.54, 1.807) is 11.8 Å². The zero-order valence-electron chi connectivity index (χ0n) is 11.3. The van der Waals surface area contributed by atoms with Gasteiger partial charge in [0.05, 0.1) is 0 Å². The number of carbonyl (C=O) groups is 2. The van der Waals surface area contributed by atoms with Gasteiger partial charge in [0.2, 0.25) is 5.91 Å². The number of hydrogen-bond donors (Lipinski definition) is 3. The van der Waals surface area contributed by atoms with Gasteiger partial charge in [-0.05, 0) is 25.0 Å². The summed E-state index contributed by atoms with van der Waals surface area (Å²) in [5, 5.41) is 11.7. The van der Waals surface area contributed by atoms with Crippen molar-refractivity contribution in [3.63, 3.8) is 0 Å². The summed E-state index contributed by atoms with van der Waals surface area (Å²) in [5.41, 5.74) is 5.39. The molecule has 6 heteroatoms.